The molecule has 6 nitrogen and oxygen atoms in total. The van der Waals surface area contributed by atoms with E-state index in [1.165, 1.54) is 5.57 Å². The van der Waals surface area contributed by atoms with Crippen LogP contribution in [0.1, 0.15) is 42.6 Å². The third-order valence-corrected chi connectivity index (χ3v) is 6.57. The summed E-state index contributed by atoms with van der Waals surface area (Å²) in [6.07, 6.45) is 10.4. The molecule has 29 heavy (non-hydrogen) atoms. The van der Waals surface area contributed by atoms with Crippen LogP contribution in [0.2, 0.25) is 0 Å². The predicted octanol–water partition coefficient (Wildman–Crippen LogP) is 3.83. The van der Waals surface area contributed by atoms with Crippen molar-refractivity contribution in [3.8, 4) is 0 Å². The first-order valence-corrected chi connectivity index (χ1v) is 10.1. The van der Waals surface area contributed by atoms with Gasteiger partial charge in [0.2, 0.25) is 0 Å². The van der Waals surface area contributed by atoms with Crippen LogP contribution in [0.15, 0.2) is 59.4 Å². The highest BCUT2D eigenvalue weighted by molar-refractivity contribution is 5.87. The Balaban J connectivity index is 1.58. The van der Waals surface area contributed by atoms with Gasteiger partial charge in [-0.2, -0.15) is 0 Å². The number of nitrogens with zero attached hydrogens (tertiary/aromatic N) is 2. The average molecular weight is 396 g/mol. The summed E-state index contributed by atoms with van der Waals surface area (Å²) < 4.78 is 16.8. The third-order valence-electron chi connectivity index (χ3n) is 6.57. The van der Waals surface area contributed by atoms with Crippen LogP contribution in [0.5, 0.6) is 0 Å². The quantitative estimate of drug-likeness (QED) is 0.705. The summed E-state index contributed by atoms with van der Waals surface area (Å²) in [6.45, 7) is 1.03. The molecule has 4 rings (SSSR count). The van der Waals surface area contributed by atoms with Crippen LogP contribution in [-0.4, -0.2) is 49.7 Å². The van der Waals surface area contributed by atoms with Crippen molar-refractivity contribution in [3.63, 3.8) is 0 Å². The summed E-state index contributed by atoms with van der Waals surface area (Å²) in [4.78, 5) is 18.9. The number of fused-ring (bicyclic) bond motifs is 1. The van der Waals surface area contributed by atoms with Gasteiger partial charge in [0, 0.05) is 30.5 Å². The van der Waals surface area contributed by atoms with E-state index in [0.29, 0.717) is 11.7 Å². The Hall–Kier alpha value is -2.60. The summed E-state index contributed by atoms with van der Waals surface area (Å²) in [7, 11) is 5.55. The van der Waals surface area contributed by atoms with Gasteiger partial charge in [0.15, 0.2) is 5.76 Å². The van der Waals surface area contributed by atoms with Crippen molar-refractivity contribution >= 4 is 5.97 Å². The minimum absolute atomic E-state index is 0.0543. The Kier molecular flexibility index (Phi) is 5.46. The van der Waals surface area contributed by atoms with Crippen molar-refractivity contribution in [1.82, 2.24) is 9.88 Å². The molecule has 154 valence electrons. The molecule has 0 N–H and O–H groups in total. The van der Waals surface area contributed by atoms with Crippen LogP contribution in [0.4, 0.5) is 0 Å². The number of hydrogen-bond donors (Lipinski definition) is 0. The molecule has 0 radical (unpaired) electrons. The molecule has 0 bridgehead atoms. The first-order chi connectivity index (χ1) is 14.1. The van der Waals surface area contributed by atoms with Gasteiger partial charge in [0.25, 0.3) is 0 Å². The maximum Gasteiger partial charge on any atom is 0.361 e. The van der Waals surface area contributed by atoms with Gasteiger partial charge in [-0.05, 0) is 57.1 Å². The SMILES string of the molecule is COC1=C(OC)CCC([C@@]23CC=C(OC(=O)c4ccccn4)C[C@@H]2N(C)CC3)=C1. The fourth-order valence-corrected chi connectivity index (χ4v) is 4.97. The van der Waals surface area contributed by atoms with E-state index in [1.54, 1.807) is 38.6 Å². The molecule has 1 aromatic rings. The van der Waals surface area contributed by atoms with Gasteiger partial charge in [0.05, 0.1) is 14.2 Å². The zero-order valence-corrected chi connectivity index (χ0v) is 17.3. The fraction of sp³-hybridized carbons (Fsp3) is 0.478. The lowest BCUT2D eigenvalue weighted by Crippen LogP contribution is -2.42. The average Bonchev–Trinajstić information content (AvgIpc) is 3.11. The standard InChI is InChI=1S/C23H28N2O4/c1-25-13-11-23(16-7-8-19(27-2)20(14-16)28-3)10-9-17(15-21(23)25)29-22(26)18-6-4-5-12-24-18/h4-6,9,12,14,21H,7-8,10-11,13,15H2,1-3H3/t21-,23-/m0/s1. The lowest BCUT2D eigenvalue weighted by molar-refractivity contribution is 0.0561. The number of aromatic nitrogens is 1. The molecular formula is C23H28N2O4. The Morgan fingerprint density at radius 3 is 2.83 bits per heavy atom. The molecular weight excluding hydrogens is 368 g/mol. The molecule has 1 aliphatic heterocycles. The number of allylic oxidation sites excluding steroid dienone is 3. The smallest absolute Gasteiger partial charge is 0.361 e. The molecule has 0 spiro atoms. The number of esters is 1. The Bertz CT molecular complexity index is 874. The van der Waals surface area contributed by atoms with Crippen molar-refractivity contribution in [2.24, 2.45) is 5.41 Å². The maximum atomic E-state index is 12.4. The molecule has 1 saturated heterocycles. The van der Waals surface area contributed by atoms with Gasteiger partial charge in [-0.3, -0.25) is 0 Å². The first kappa shape index (κ1) is 19.7. The van der Waals surface area contributed by atoms with E-state index in [0.717, 1.165) is 55.9 Å². The molecule has 3 aliphatic rings. The summed E-state index contributed by atoms with van der Waals surface area (Å²) in [5, 5.41) is 0. The Labute approximate surface area is 171 Å². The monoisotopic (exact) mass is 396 g/mol. The number of ether oxygens (including phenoxy) is 3. The van der Waals surface area contributed by atoms with Crippen LogP contribution in [0.25, 0.3) is 0 Å². The van der Waals surface area contributed by atoms with E-state index in [9.17, 15) is 4.79 Å². The normalized spacial score (nSPS) is 27.1. The number of carbonyl (C=O) groups excluding carboxylic acids is 1. The number of likely N-dealkylation sites (tertiary alicyclic amines) is 1. The van der Waals surface area contributed by atoms with E-state index >= 15 is 0 Å². The highest BCUT2D eigenvalue weighted by Crippen LogP contribution is 2.53. The van der Waals surface area contributed by atoms with E-state index in [1.807, 2.05) is 0 Å². The van der Waals surface area contributed by atoms with Gasteiger partial charge >= 0.3 is 5.97 Å². The van der Waals surface area contributed by atoms with Crippen LogP contribution in [-0.2, 0) is 14.2 Å². The van der Waals surface area contributed by atoms with Crippen LogP contribution >= 0.6 is 0 Å². The highest BCUT2D eigenvalue weighted by Gasteiger charge is 2.50. The van der Waals surface area contributed by atoms with E-state index in [4.69, 9.17) is 14.2 Å². The zero-order valence-electron chi connectivity index (χ0n) is 17.3. The lowest BCUT2D eigenvalue weighted by Gasteiger charge is -2.43. The Morgan fingerprint density at radius 2 is 2.10 bits per heavy atom. The summed E-state index contributed by atoms with van der Waals surface area (Å²) in [6, 6.07) is 5.55. The number of carbonyl (C=O) groups is 1. The molecule has 2 aliphatic carbocycles. The van der Waals surface area contributed by atoms with Crippen LogP contribution in [0.3, 0.4) is 0 Å². The molecule has 1 fully saturated rings. The lowest BCUT2D eigenvalue weighted by atomic mass is 9.65. The minimum Gasteiger partial charge on any atom is -0.497 e. The molecule has 0 amide bonds. The summed E-state index contributed by atoms with van der Waals surface area (Å²) in [5.41, 5.74) is 1.80. The van der Waals surface area contributed by atoms with Crippen molar-refractivity contribution in [2.45, 2.75) is 38.1 Å². The number of hydrogen-bond acceptors (Lipinski definition) is 6. The molecule has 6 heteroatoms. The van der Waals surface area contributed by atoms with Gasteiger partial charge in [-0.25, -0.2) is 9.78 Å². The number of methoxy groups -OCH3 is 2. The van der Waals surface area contributed by atoms with Crippen molar-refractivity contribution in [2.75, 3.05) is 27.8 Å². The van der Waals surface area contributed by atoms with E-state index < -0.39 is 5.97 Å². The van der Waals surface area contributed by atoms with Crippen molar-refractivity contribution in [3.05, 3.63) is 65.1 Å². The molecule has 2 atom stereocenters. The topological polar surface area (TPSA) is 60.9 Å². The molecule has 0 unspecified atom stereocenters. The Morgan fingerprint density at radius 1 is 1.24 bits per heavy atom. The van der Waals surface area contributed by atoms with Crippen LogP contribution < -0.4 is 0 Å². The highest BCUT2D eigenvalue weighted by atomic mass is 16.5. The minimum atomic E-state index is -0.392. The predicted molar refractivity (Wildman–Crippen MR) is 109 cm³/mol. The van der Waals surface area contributed by atoms with Gasteiger partial charge in [-0.15, -0.1) is 0 Å². The molecule has 0 aromatic carbocycles. The number of rotatable bonds is 5. The van der Waals surface area contributed by atoms with Gasteiger partial charge in [0.1, 0.15) is 17.2 Å². The molecule has 0 saturated carbocycles. The number of pyridine rings is 1. The zero-order chi connectivity index (χ0) is 20.4. The largest absolute Gasteiger partial charge is 0.497 e. The van der Waals surface area contributed by atoms with Gasteiger partial charge in [-0.1, -0.05) is 11.6 Å². The van der Waals surface area contributed by atoms with Crippen LogP contribution in [0, 0.1) is 5.41 Å². The summed E-state index contributed by atoms with van der Waals surface area (Å²) in [5.74, 6) is 2.09. The van der Waals surface area contributed by atoms with Gasteiger partial charge < -0.3 is 19.1 Å². The third kappa shape index (κ3) is 3.57. The van der Waals surface area contributed by atoms with E-state index in [2.05, 4.69) is 29.1 Å². The molecule has 1 aromatic heterocycles. The summed E-state index contributed by atoms with van der Waals surface area (Å²) >= 11 is 0. The second kappa shape index (κ2) is 8.03. The second-order valence-corrected chi connectivity index (χ2v) is 7.95. The fourth-order valence-electron chi connectivity index (χ4n) is 4.97. The maximum absolute atomic E-state index is 12.4. The molecule has 2 heterocycles. The van der Waals surface area contributed by atoms with Crippen molar-refractivity contribution in [1.29, 1.82) is 0 Å². The second-order valence-electron chi connectivity index (χ2n) is 7.95. The van der Waals surface area contributed by atoms with E-state index in [-0.39, 0.29) is 5.41 Å². The first-order valence-electron chi connectivity index (χ1n) is 10.1. The van der Waals surface area contributed by atoms with Crippen molar-refractivity contribution < 1.29 is 19.0 Å².